The number of rotatable bonds is 5. The summed E-state index contributed by atoms with van der Waals surface area (Å²) in [6.45, 7) is 2.27. The van der Waals surface area contributed by atoms with Crippen LogP contribution in [0.4, 0.5) is 4.39 Å². The third kappa shape index (κ3) is 4.45. The molecule has 0 saturated heterocycles. The first-order chi connectivity index (χ1) is 13.2. The maximum absolute atomic E-state index is 13.5. The molecule has 2 aromatic heterocycles. The third-order valence-electron chi connectivity index (χ3n) is 4.99. The predicted molar refractivity (Wildman–Crippen MR) is 119 cm³/mol. The molecule has 1 aliphatic rings. The number of hydrogen-bond acceptors (Lipinski definition) is 3. The Kier molecular flexibility index (Phi) is 6.87. The summed E-state index contributed by atoms with van der Waals surface area (Å²) in [7, 11) is 1.75. The molecule has 0 bridgehead atoms. The summed E-state index contributed by atoms with van der Waals surface area (Å²) in [6.07, 6.45) is 6.07. The van der Waals surface area contributed by atoms with Crippen LogP contribution in [0.3, 0.4) is 0 Å². The summed E-state index contributed by atoms with van der Waals surface area (Å²) in [5.41, 5.74) is 2.03. The first kappa shape index (κ1) is 20.6. The summed E-state index contributed by atoms with van der Waals surface area (Å²) in [5, 5.41) is 16.1. The quantitative estimate of drug-likeness (QED) is 0.288. The number of aromatic amines is 1. The molecule has 0 fully saturated rings. The molecule has 3 aromatic rings. The molecule has 28 heavy (non-hydrogen) atoms. The van der Waals surface area contributed by atoms with Crippen LogP contribution in [-0.2, 0) is 25.9 Å². The van der Waals surface area contributed by atoms with Gasteiger partial charge >= 0.3 is 0 Å². The largest absolute Gasteiger partial charge is 0.361 e. The Morgan fingerprint density at radius 2 is 2.18 bits per heavy atom. The highest BCUT2D eigenvalue weighted by molar-refractivity contribution is 14.0. The van der Waals surface area contributed by atoms with Crippen LogP contribution < -0.4 is 10.6 Å². The number of nitrogens with one attached hydrogen (secondary N) is 3. The summed E-state index contributed by atoms with van der Waals surface area (Å²) in [5.74, 6) is 2.52. The molecule has 3 heterocycles. The van der Waals surface area contributed by atoms with Crippen molar-refractivity contribution in [3.8, 4) is 0 Å². The molecule has 1 aromatic carbocycles. The number of halogens is 2. The van der Waals surface area contributed by atoms with Gasteiger partial charge in [0, 0.05) is 43.7 Å². The Morgan fingerprint density at radius 1 is 1.29 bits per heavy atom. The van der Waals surface area contributed by atoms with Crippen molar-refractivity contribution in [3.63, 3.8) is 0 Å². The van der Waals surface area contributed by atoms with E-state index in [9.17, 15) is 4.39 Å². The molecule has 0 saturated carbocycles. The van der Waals surface area contributed by atoms with Gasteiger partial charge in [0.1, 0.15) is 11.6 Å². The van der Waals surface area contributed by atoms with Gasteiger partial charge in [0.25, 0.3) is 0 Å². The van der Waals surface area contributed by atoms with Crippen LogP contribution in [0.5, 0.6) is 0 Å². The van der Waals surface area contributed by atoms with Gasteiger partial charge in [0.2, 0.25) is 0 Å². The normalized spacial score (nSPS) is 13.9. The number of H-pyrrole nitrogens is 1. The SMILES string of the molecule is CN=C(NCCc1c[nH]c2ccc(F)cc12)NCc1nnc2n1CCCC2.I. The molecule has 0 atom stereocenters. The van der Waals surface area contributed by atoms with Crippen LogP contribution in [0.15, 0.2) is 29.4 Å². The third-order valence-corrected chi connectivity index (χ3v) is 4.99. The molecule has 7 nitrogen and oxygen atoms in total. The van der Waals surface area contributed by atoms with Gasteiger partial charge in [-0.05, 0) is 43.0 Å². The highest BCUT2D eigenvalue weighted by Crippen LogP contribution is 2.19. The second-order valence-corrected chi connectivity index (χ2v) is 6.75. The Labute approximate surface area is 180 Å². The van der Waals surface area contributed by atoms with Crippen molar-refractivity contribution in [2.45, 2.75) is 38.8 Å². The minimum atomic E-state index is -0.217. The fourth-order valence-corrected chi connectivity index (χ4v) is 3.56. The van der Waals surface area contributed by atoms with Crippen molar-refractivity contribution < 1.29 is 4.39 Å². The second-order valence-electron chi connectivity index (χ2n) is 6.75. The minimum Gasteiger partial charge on any atom is -0.361 e. The van der Waals surface area contributed by atoms with E-state index in [1.807, 2.05) is 6.20 Å². The Morgan fingerprint density at radius 3 is 3.04 bits per heavy atom. The topological polar surface area (TPSA) is 82.9 Å². The summed E-state index contributed by atoms with van der Waals surface area (Å²) in [4.78, 5) is 7.45. The van der Waals surface area contributed by atoms with Gasteiger partial charge in [0.15, 0.2) is 11.8 Å². The molecule has 1 aliphatic heterocycles. The van der Waals surface area contributed by atoms with Crippen molar-refractivity contribution in [3.05, 3.63) is 47.4 Å². The van der Waals surface area contributed by atoms with Gasteiger partial charge in [-0.25, -0.2) is 4.39 Å². The van der Waals surface area contributed by atoms with Crippen LogP contribution in [0, 0.1) is 5.82 Å². The first-order valence-electron chi connectivity index (χ1n) is 9.35. The van der Waals surface area contributed by atoms with Crippen molar-refractivity contribution in [2.24, 2.45) is 4.99 Å². The second kappa shape index (κ2) is 9.35. The summed E-state index contributed by atoms with van der Waals surface area (Å²) >= 11 is 0. The van der Waals surface area contributed by atoms with E-state index >= 15 is 0 Å². The highest BCUT2D eigenvalue weighted by atomic mass is 127. The van der Waals surface area contributed by atoms with E-state index in [1.165, 1.54) is 18.9 Å². The van der Waals surface area contributed by atoms with Gasteiger partial charge in [0.05, 0.1) is 6.54 Å². The van der Waals surface area contributed by atoms with Crippen molar-refractivity contribution in [1.82, 2.24) is 30.4 Å². The molecule has 9 heteroatoms. The maximum atomic E-state index is 13.5. The minimum absolute atomic E-state index is 0. The lowest BCUT2D eigenvalue weighted by Gasteiger charge is -2.16. The molecule has 0 amide bonds. The molecule has 3 N–H and O–H groups in total. The zero-order chi connectivity index (χ0) is 18.6. The number of aliphatic imine (C=N–C) groups is 1. The monoisotopic (exact) mass is 497 g/mol. The smallest absolute Gasteiger partial charge is 0.191 e. The number of hydrogen-bond donors (Lipinski definition) is 3. The fourth-order valence-electron chi connectivity index (χ4n) is 3.56. The molecular weight excluding hydrogens is 472 g/mol. The van der Waals surface area contributed by atoms with Crippen LogP contribution in [-0.4, -0.2) is 39.3 Å². The number of aryl methyl sites for hydroxylation is 1. The first-order valence-corrected chi connectivity index (χ1v) is 9.35. The van der Waals surface area contributed by atoms with Gasteiger partial charge in [-0.2, -0.15) is 0 Å². The lowest BCUT2D eigenvalue weighted by molar-refractivity contribution is 0.504. The molecule has 150 valence electrons. The zero-order valence-electron chi connectivity index (χ0n) is 15.8. The molecule has 0 spiro atoms. The van der Waals surface area contributed by atoms with E-state index in [1.54, 1.807) is 19.2 Å². The Balaban J connectivity index is 0.00000225. The maximum Gasteiger partial charge on any atom is 0.191 e. The van der Waals surface area contributed by atoms with Crippen molar-refractivity contribution in [2.75, 3.05) is 13.6 Å². The van der Waals surface area contributed by atoms with Crippen LogP contribution in [0.25, 0.3) is 10.9 Å². The molecule has 4 rings (SSSR count). The highest BCUT2D eigenvalue weighted by Gasteiger charge is 2.15. The molecule has 0 aliphatic carbocycles. The van der Waals surface area contributed by atoms with Crippen LogP contribution >= 0.6 is 24.0 Å². The number of guanidine groups is 1. The average molecular weight is 497 g/mol. The zero-order valence-corrected chi connectivity index (χ0v) is 18.2. The standard InChI is InChI=1S/C19H24FN7.HI/c1-21-19(24-12-18-26-25-17-4-2-3-9-27(17)18)22-8-7-13-11-23-16-6-5-14(20)10-15(13)16;/h5-6,10-11,23H,2-4,7-9,12H2,1H3,(H2,21,22,24);1H. The van der Waals surface area contributed by atoms with E-state index in [0.717, 1.165) is 47.5 Å². The van der Waals surface area contributed by atoms with Crippen molar-refractivity contribution in [1.29, 1.82) is 0 Å². The van der Waals surface area contributed by atoms with Gasteiger partial charge in [-0.15, -0.1) is 34.2 Å². The predicted octanol–water partition coefficient (Wildman–Crippen LogP) is 2.76. The lowest BCUT2D eigenvalue weighted by atomic mass is 10.1. The number of aromatic nitrogens is 4. The Bertz CT molecular complexity index is 963. The van der Waals surface area contributed by atoms with E-state index in [-0.39, 0.29) is 29.8 Å². The fraction of sp³-hybridized carbons (Fsp3) is 0.421. The van der Waals surface area contributed by atoms with Crippen LogP contribution in [0.2, 0.25) is 0 Å². The van der Waals surface area contributed by atoms with Gasteiger partial charge in [-0.1, -0.05) is 0 Å². The average Bonchev–Trinajstić information content (AvgIpc) is 3.28. The van der Waals surface area contributed by atoms with Gasteiger partial charge in [-0.3, -0.25) is 4.99 Å². The van der Waals surface area contributed by atoms with Gasteiger partial charge < -0.3 is 20.2 Å². The molecular formula is C19H25FIN7. The van der Waals surface area contributed by atoms with Crippen LogP contribution in [0.1, 0.15) is 30.1 Å². The van der Waals surface area contributed by atoms with E-state index in [0.29, 0.717) is 19.0 Å². The van der Waals surface area contributed by atoms with E-state index in [4.69, 9.17) is 0 Å². The molecule has 0 unspecified atom stereocenters. The lowest BCUT2D eigenvalue weighted by Crippen LogP contribution is -2.38. The molecule has 0 radical (unpaired) electrons. The number of nitrogens with zero attached hydrogens (tertiary/aromatic N) is 4. The Hall–Kier alpha value is -2.17. The number of benzene rings is 1. The summed E-state index contributed by atoms with van der Waals surface area (Å²) < 4.78 is 15.7. The van der Waals surface area contributed by atoms with Crippen molar-refractivity contribution >= 4 is 40.8 Å². The van der Waals surface area contributed by atoms with E-state index in [2.05, 4.69) is 35.4 Å². The summed E-state index contributed by atoms with van der Waals surface area (Å²) in [6, 6.07) is 4.81. The van der Waals surface area contributed by atoms with E-state index < -0.39 is 0 Å². The number of fused-ring (bicyclic) bond motifs is 2.